The van der Waals surface area contributed by atoms with Crippen molar-refractivity contribution in [3.05, 3.63) is 42.0 Å². The van der Waals surface area contributed by atoms with Crippen molar-refractivity contribution >= 4 is 6.08 Å². The van der Waals surface area contributed by atoms with Crippen molar-refractivity contribution in [3.8, 4) is 0 Å². The van der Waals surface area contributed by atoms with Gasteiger partial charge in [-0.2, -0.15) is 0 Å². The molecule has 0 aliphatic rings. The molecule has 0 aliphatic heterocycles. The number of allylic oxidation sites excluding steroid dienone is 1. The standard InChI is InChI=1S/C9H10.C5H12/c1-2-6-9-7-4-3-5-8-9;1-5(2,3)4/h2-8H,1H3;1-4H3/b6-2+;. The molecule has 0 aromatic heterocycles. The highest BCUT2D eigenvalue weighted by Crippen LogP contribution is 2.08. The third-order valence-electron chi connectivity index (χ3n) is 1.16. The molecule has 0 amide bonds. The molecule has 0 saturated carbocycles. The van der Waals surface area contributed by atoms with Crippen molar-refractivity contribution in [2.24, 2.45) is 5.41 Å². The van der Waals surface area contributed by atoms with Gasteiger partial charge in [0.1, 0.15) is 0 Å². The van der Waals surface area contributed by atoms with Crippen LogP contribution < -0.4 is 0 Å². The quantitative estimate of drug-likeness (QED) is 0.598. The van der Waals surface area contributed by atoms with Crippen molar-refractivity contribution in [2.45, 2.75) is 34.6 Å². The van der Waals surface area contributed by atoms with Crippen molar-refractivity contribution < 1.29 is 0 Å². The number of rotatable bonds is 1. The minimum absolute atomic E-state index is 0.500. The van der Waals surface area contributed by atoms with Crippen LogP contribution in [0.2, 0.25) is 0 Å². The average molecular weight is 190 g/mol. The van der Waals surface area contributed by atoms with Gasteiger partial charge < -0.3 is 0 Å². The molecule has 1 aromatic rings. The van der Waals surface area contributed by atoms with Gasteiger partial charge in [0.25, 0.3) is 0 Å². The number of benzene rings is 1. The summed E-state index contributed by atoms with van der Waals surface area (Å²) in [7, 11) is 0. The van der Waals surface area contributed by atoms with Crippen molar-refractivity contribution in [2.75, 3.05) is 0 Å². The summed E-state index contributed by atoms with van der Waals surface area (Å²) in [6.07, 6.45) is 4.12. The third-order valence-corrected chi connectivity index (χ3v) is 1.16. The van der Waals surface area contributed by atoms with Crippen LogP contribution in [0, 0.1) is 5.41 Å². The van der Waals surface area contributed by atoms with Crippen LogP contribution in [0.5, 0.6) is 0 Å². The predicted octanol–water partition coefficient (Wildman–Crippen LogP) is 4.77. The van der Waals surface area contributed by atoms with E-state index in [0.717, 1.165) is 0 Å². The van der Waals surface area contributed by atoms with Crippen molar-refractivity contribution in [3.63, 3.8) is 0 Å². The lowest BCUT2D eigenvalue weighted by Gasteiger charge is -2.05. The zero-order valence-electron chi connectivity index (χ0n) is 10.0. The molecular weight excluding hydrogens is 168 g/mol. The highest BCUT2D eigenvalue weighted by Gasteiger charge is 1.95. The van der Waals surface area contributed by atoms with Crippen LogP contribution in [0.4, 0.5) is 0 Å². The molecule has 0 saturated heterocycles. The minimum Gasteiger partial charge on any atom is -0.0871 e. The van der Waals surface area contributed by atoms with Gasteiger partial charge in [-0.05, 0) is 17.9 Å². The zero-order valence-corrected chi connectivity index (χ0v) is 10.0. The molecule has 0 aliphatic carbocycles. The molecule has 1 rings (SSSR count). The lowest BCUT2D eigenvalue weighted by Crippen LogP contribution is -1.93. The molecule has 0 unspecified atom stereocenters. The van der Waals surface area contributed by atoms with Crippen molar-refractivity contribution in [1.29, 1.82) is 0 Å². The van der Waals surface area contributed by atoms with Crippen LogP contribution in [0.3, 0.4) is 0 Å². The van der Waals surface area contributed by atoms with Gasteiger partial charge in [-0.15, -0.1) is 0 Å². The Morgan fingerprint density at radius 2 is 1.36 bits per heavy atom. The molecule has 0 bridgehead atoms. The van der Waals surface area contributed by atoms with Gasteiger partial charge in [0.15, 0.2) is 0 Å². The fourth-order valence-electron chi connectivity index (χ4n) is 0.757. The summed E-state index contributed by atoms with van der Waals surface area (Å²) in [4.78, 5) is 0. The summed E-state index contributed by atoms with van der Waals surface area (Å²) >= 11 is 0. The molecule has 0 heterocycles. The molecular formula is C14H22. The van der Waals surface area contributed by atoms with E-state index in [-0.39, 0.29) is 0 Å². The lowest BCUT2D eigenvalue weighted by molar-refractivity contribution is 0.469. The Morgan fingerprint density at radius 3 is 1.71 bits per heavy atom. The highest BCUT2D eigenvalue weighted by molar-refractivity contribution is 5.47. The summed E-state index contributed by atoms with van der Waals surface area (Å²) in [5, 5.41) is 0. The Labute approximate surface area is 88.7 Å². The molecule has 0 nitrogen and oxygen atoms in total. The van der Waals surface area contributed by atoms with E-state index in [1.807, 2.05) is 31.2 Å². The molecule has 0 atom stereocenters. The minimum atomic E-state index is 0.500. The Bertz CT molecular complexity index is 243. The second-order valence-corrected chi connectivity index (χ2v) is 4.91. The summed E-state index contributed by atoms with van der Waals surface area (Å²) in [5.41, 5.74) is 1.76. The van der Waals surface area contributed by atoms with Crippen LogP contribution in [0.1, 0.15) is 40.2 Å². The SMILES string of the molecule is C/C=C/c1ccccc1.CC(C)(C)C. The largest absolute Gasteiger partial charge is 0.0871 e. The Hall–Kier alpha value is -1.04. The second kappa shape index (κ2) is 6.42. The van der Waals surface area contributed by atoms with E-state index in [4.69, 9.17) is 0 Å². The molecule has 14 heavy (non-hydrogen) atoms. The number of hydrogen-bond acceptors (Lipinski definition) is 0. The van der Waals surface area contributed by atoms with Crippen LogP contribution in [0.25, 0.3) is 6.08 Å². The molecule has 0 spiro atoms. The predicted molar refractivity (Wildman–Crippen MR) is 66.3 cm³/mol. The van der Waals surface area contributed by atoms with Gasteiger partial charge in [-0.1, -0.05) is 70.2 Å². The molecule has 0 heteroatoms. The highest BCUT2D eigenvalue weighted by atomic mass is 14.0. The third kappa shape index (κ3) is 11.0. The van der Waals surface area contributed by atoms with Gasteiger partial charge in [0.05, 0.1) is 0 Å². The molecule has 1 aromatic carbocycles. The first-order valence-corrected chi connectivity index (χ1v) is 5.11. The average Bonchev–Trinajstić information content (AvgIpc) is 2.03. The van der Waals surface area contributed by atoms with E-state index in [9.17, 15) is 0 Å². The number of hydrogen-bond donors (Lipinski definition) is 0. The zero-order chi connectivity index (χ0) is 11.0. The first kappa shape index (κ1) is 13.0. The topological polar surface area (TPSA) is 0 Å². The maximum absolute atomic E-state index is 2.19. The van der Waals surface area contributed by atoms with E-state index < -0.39 is 0 Å². The fourth-order valence-corrected chi connectivity index (χ4v) is 0.757. The van der Waals surface area contributed by atoms with Crippen LogP contribution >= 0.6 is 0 Å². The van der Waals surface area contributed by atoms with Gasteiger partial charge in [0, 0.05) is 0 Å². The van der Waals surface area contributed by atoms with Gasteiger partial charge in [0.2, 0.25) is 0 Å². The Kier molecular flexibility index (Phi) is 5.94. The van der Waals surface area contributed by atoms with E-state index in [2.05, 4.69) is 45.9 Å². The molecule has 0 fully saturated rings. The van der Waals surface area contributed by atoms with E-state index in [1.165, 1.54) is 5.56 Å². The molecule has 78 valence electrons. The van der Waals surface area contributed by atoms with Gasteiger partial charge in [-0.3, -0.25) is 0 Å². The van der Waals surface area contributed by atoms with Crippen LogP contribution in [-0.4, -0.2) is 0 Å². The van der Waals surface area contributed by atoms with Gasteiger partial charge in [-0.25, -0.2) is 0 Å². The smallest absolute Gasteiger partial charge is 0.0260 e. The van der Waals surface area contributed by atoms with Crippen LogP contribution in [-0.2, 0) is 0 Å². The second-order valence-electron chi connectivity index (χ2n) is 4.91. The fraction of sp³-hybridized carbons (Fsp3) is 0.429. The maximum Gasteiger partial charge on any atom is -0.0260 e. The molecule has 0 radical (unpaired) electrons. The van der Waals surface area contributed by atoms with Crippen molar-refractivity contribution in [1.82, 2.24) is 0 Å². The monoisotopic (exact) mass is 190 g/mol. The van der Waals surface area contributed by atoms with E-state index in [1.54, 1.807) is 0 Å². The normalized spacial score (nSPS) is 10.9. The lowest BCUT2D eigenvalue weighted by atomic mass is 10.0. The van der Waals surface area contributed by atoms with Crippen LogP contribution in [0.15, 0.2) is 36.4 Å². The van der Waals surface area contributed by atoms with E-state index in [0.29, 0.717) is 5.41 Å². The first-order chi connectivity index (χ1) is 6.43. The van der Waals surface area contributed by atoms with Gasteiger partial charge >= 0.3 is 0 Å². The summed E-state index contributed by atoms with van der Waals surface area (Å²) in [5.74, 6) is 0. The summed E-state index contributed by atoms with van der Waals surface area (Å²) < 4.78 is 0. The summed E-state index contributed by atoms with van der Waals surface area (Å²) in [6.45, 7) is 10.8. The first-order valence-electron chi connectivity index (χ1n) is 5.11. The Balaban J connectivity index is 0.000000292. The maximum atomic E-state index is 2.19. The Morgan fingerprint density at radius 1 is 0.929 bits per heavy atom. The summed E-state index contributed by atoms with van der Waals surface area (Å²) in [6, 6.07) is 10.3. The molecule has 0 N–H and O–H groups in total. The van der Waals surface area contributed by atoms with E-state index >= 15 is 0 Å².